The lowest BCUT2D eigenvalue weighted by molar-refractivity contribution is -0.137. The Bertz CT molecular complexity index is 1040. The van der Waals surface area contributed by atoms with Gasteiger partial charge in [-0.2, -0.15) is 18.3 Å². The highest BCUT2D eigenvalue weighted by Crippen LogP contribution is 2.39. The Balaban J connectivity index is 0.00000181. The van der Waals surface area contributed by atoms with E-state index in [-0.39, 0.29) is 21.7 Å². The molecule has 4 heterocycles. The van der Waals surface area contributed by atoms with Crippen LogP contribution in [-0.4, -0.2) is 39.3 Å². The maximum atomic E-state index is 13.8. The van der Waals surface area contributed by atoms with Gasteiger partial charge < -0.3 is 10.6 Å². The third-order valence-electron chi connectivity index (χ3n) is 5.45. The average molecular weight is 425 g/mol. The van der Waals surface area contributed by atoms with Gasteiger partial charge in [0.1, 0.15) is 11.5 Å². The van der Waals surface area contributed by atoms with E-state index in [4.69, 9.17) is 5.73 Å². The number of piperidine rings is 1. The number of halogens is 3. The van der Waals surface area contributed by atoms with Crippen LogP contribution in [0, 0.1) is 11.8 Å². The van der Waals surface area contributed by atoms with Crippen LogP contribution in [0.4, 0.5) is 19.0 Å². The number of hydrogen-bond acceptors (Lipinski definition) is 5. The molecule has 3 N–H and O–H groups in total. The van der Waals surface area contributed by atoms with Crippen molar-refractivity contribution < 1.29 is 17.5 Å². The molecule has 2 atom stereocenters. The Morgan fingerprint density at radius 3 is 2.80 bits per heavy atom. The van der Waals surface area contributed by atoms with Crippen LogP contribution in [0.2, 0.25) is 0 Å². The van der Waals surface area contributed by atoms with Crippen LogP contribution >= 0.6 is 0 Å². The summed E-state index contributed by atoms with van der Waals surface area (Å²) >= 11 is 0. The summed E-state index contributed by atoms with van der Waals surface area (Å²) in [6.45, 7) is 5.62. The number of alkyl halides is 3. The SMILES string of the molecule is CC(C)C[C@@H]1C[C@@H](N)CN(c2ccc(C(F)(F)F)c(-c3[nH]nc4ncccc34)n2)C1.[HH].[HH].[HH]. The molecule has 0 spiro atoms. The number of pyridine rings is 2. The topological polar surface area (TPSA) is 83.7 Å². The van der Waals surface area contributed by atoms with Crippen LogP contribution in [0.1, 0.15) is 36.5 Å². The molecule has 0 unspecified atom stereocenters. The van der Waals surface area contributed by atoms with Crippen molar-refractivity contribution in [2.24, 2.45) is 17.6 Å². The average Bonchev–Trinajstić information content (AvgIpc) is 3.10. The van der Waals surface area contributed by atoms with E-state index in [9.17, 15) is 13.2 Å². The normalized spacial score (nSPS) is 20.3. The first-order chi connectivity index (χ1) is 14.2. The van der Waals surface area contributed by atoms with Crippen LogP contribution < -0.4 is 10.6 Å². The van der Waals surface area contributed by atoms with Crippen LogP contribution in [0.25, 0.3) is 22.4 Å². The van der Waals surface area contributed by atoms with Crippen molar-refractivity contribution in [3.63, 3.8) is 0 Å². The van der Waals surface area contributed by atoms with Gasteiger partial charge >= 0.3 is 6.18 Å². The van der Waals surface area contributed by atoms with E-state index in [1.807, 2.05) is 4.90 Å². The predicted octanol–water partition coefficient (Wildman–Crippen LogP) is 4.98. The fourth-order valence-electron chi connectivity index (χ4n) is 4.35. The zero-order valence-electron chi connectivity index (χ0n) is 16.9. The summed E-state index contributed by atoms with van der Waals surface area (Å²) in [5.41, 5.74) is 5.85. The molecule has 0 aromatic carbocycles. The van der Waals surface area contributed by atoms with Crippen molar-refractivity contribution in [2.45, 2.75) is 38.9 Å². The molecular formula is C21H31F3N6. The fraction of sp³-hybridized carbons (Fsp3) is 0.476. The van der Waals surface area contributed by atoms with Crippen molar-refractivity contribution >= 4 is 16.9 Å². The molecule has 1 aliphatic heterocycles. The zero-order valence-corrected chi connectivity index (χ0v) is 16.9. The Morgan fingerprint density at radius 1 is 1.27 bits per heavy atom. The second kappa shape index (κ2) is 7.86. The Hall–Kier alpha value is -2.68. The second-order valence-corrected chi connectivity index (χ2v) is 8.43. The number of nitrogens with zero attached hydrogens (tertiary/aromatic N) is 4. The summed E-state index contributed by atoms with van der Waals surface area (Å²) in [5.74, 6) is 1.41. The van der Waals surface area contributed by atoms with Gasteiger partial charge in [0.15, 0.2) is 5.65 Å². The van der Waals surface area contributed by atoms with E-state index >= 15 is 0 Å². The van der Waals surface area contributed by atoms with Gasteiger partial charge in [-0.1, -0.05) is 13.8 Å². The molecule has 3 aromatic rings. The van der Waals surface area contributed by atoms with Gasteiger partial charge in [0.2, 0.25) is 0 Å². The van der Waals surface area contributed by atoms with Gasteiger partial charge in [-0.15, -0.1) is 0 Å². The molecule has 1 fully saturated rings. The van der Waals surface area contributed by atoms with Crippen molar-refractivity contribution in [1.29, 1.82) is 0 Å². The van der Waals surface area contributed by atoms with E-state index in [0.717, 1.165) is 25.5 Å². The highest BCUT2D eigenvalue weighted by atomic mass is 19.4. The predicted molar refractivity (Wildman–Crippen MR) is 116 cm³/mol. The number of hydrogen-bond donors (Lipinski definition) is 2. The second-order valence-electron chi connectivity index (χ2n) is 8.43. The molecule has 4 rings (SSSR count). The van der Waals surface area contributed by atoms with Crippen LogP contribution in [0.5, 0.6) is 0 Å². The Kier molecular flexibility index (Phi) is 5.40. The number of aromatic amines is 1. The highest BCUT2D eigenvalue weighted by Gasteiger charge is 2.36. The van der Waals surface area contributed by atoms with Crippen LogP contribution in [-0.2, 0) is 6.18 Å². The number of nitrogens with one attached hydrogen (secondary N) is 1. The van der Waals surface area contributed by atoms with Gasteiger partial charge in [0.05, 0.1) is 11.3 Å². The molecule has 0 saturated carbocycles. The number of anilines is 1. The highest BCUT2D eigenvalue weighted by molar-refractivity contribution is 5.90. The van der Waals surface area contributed by atoms with Gasteiger partial charge in [0, 0.05) is 35.0 Å². The van der Waals surface area contributed by atoms with Crippen molar-refractivity contribution in [1.82, 2.24) is 20.2 Å². The number of aromatic nitrogens is 4. The third-order valence-corrected chi connectivity index (χ3v) is 5.45. The minimum atomic E-state index is -4.54. The molecule has 6 nitrogen and oxygen atoms in total. The smallest absolute Gasteiger partial charge is 0.355 e. The van der Waals surface area contributed by atoms with E-state index in [1.165, 1.54) is 6.07 Å². The number of fused-ring (bicyclic) bond motifs is 1. The van der Waals surface area contributed by atoms with Crippen molar-refractivity contribution in [2.75, 3.05) is 18.0 Å². The number of rotatable bonds is 4. The summed E-state index contributed by atoms with van der Waals surface area (Å²) < 4.78 is 41.3. The lowest BCUT2D eigenvalue weighted by Gasteiger charge is -2.38. The van der Waals surface area contributed by atoms with E-state index < -0.39 is 11.7 Å². The fourth-order valence-corrected chi connectivity index (χ4v) is 4.35. The molecular weight excluding hydrogens is 393 g/mol. The molecule has 0 aliphatic carbocycles. The molecule has 9 heteroatoms. The van der Waals surface area contributed by atoms with Crippen LogP contribution in [0.15, 0.2) is 30.5 Å². The van der Waals surface area contributed by atoms with E-state index in [2.05, 4.69) is 34.0 Å². The quantitative estimate of drug-likeness (QED) is 0.617. The van der Waals surface area contributed by atoms with Gasteiger partial charge in [0.25, 0.3) is 0 Å². The molecule has 3 aromatic heterocycles. The number of H-pyrrole nitrogens is 1. The molecule has 0 amide bonds. The lowest BCUT2D eigenvalue weighted by atomic mass is 9.87. The van der Waals surface area contributed by atoms with Crippen molar-refractivity contribution in [3.05, 3.63) is 36.0 Å². The van der Waals surface area contributed by atoms with E-state index in [0.29, 0.717) is 35.2 Å². The summed E-state index contributed by atoms with van der Waals surface area (Å²) in [7, 11) is 0. The maximum absolute atomic E-state index is 13.8. The molecule has 1 saturated heterocycles. The van der Waals surface area contributed by atoms with Crippen LogP contribution in [0.3, 0.4) is 0 Å². The Morgan fingerprint density at radius 2 is 2.07 bits per heavy atom. The molecule has 0 bridgehead atoms. The minimum absolute atomic E-state index is 0. The first-order valence-corrected chi connectivity index (χ1v) is 10.1. The summed E-state index contributed by atoms with van der Waals surface area (Å²) in [4.78, 5) is 10.6. The summed E-state index contributed by atoms with van der Waals surface area (Å²) in [6, 6.07) is 5.85. The van der Waals surface area contributed by atoms with Gasteiger partial charge in [-0.25, -0.2) is 9.97 Å². The maximum Gasteiger partial charge on any atom is 0.418 e. The first kappa shape index (κ1) is 20.6. The zero-order chi connectivity index (χ0) is 21.5. The molecule has 166 valence electrons. The molecule has 30 heavy (non-hydrogen) atoms. The largest absolute Gasteiger partial charge is 0.418 e. The first-order valence-electron chi connectivity index (χ1n) is 10.1. The monoisotopic (exact) mass is 424 g/mol. The van der Waals surface area contributed by atoms with Gasteiger partial charge in [-0.3, -0.25) is 5.10 Å². The minimum Gasteiger partial charge on any atom is -0.355 e. The standard InChI is InChI=1S/C21H25F3N6.3H2/c1-12(2)8-13-9-14(25)11-30(10-13)17-6-5-16(21(22,23)24)19(27-17)18-15-4-3-7-26-20(15)29-28-18;;;/h3-7,12-14H,8-11,25H2,1-2H3,(H,26,28,29);3*1H/t13-,14-;;;/m1.../s1. The third kappa shape index (κ3) is 4.12. The Labute approximate surface area is 177 Å². The molecule has 1 aliphatic rings. The summed E-state index contributed by atoms with van der Waals surface area (Å²) in [5, 5.41) is 7.24. The van der Waals surface area contributed by atoms with Gasteiger partial charge in [-0.05, 0) is 48.9 Å². The lowest BCUT2D eigenvalue weighted by Crippen LogP contribution is -2.47. The van der Waals surface area contributed by atoms with Crippen molar-refractivity contribution in [3.8, 4) is 11.4 Å². The number of nitrogens with two attached hydrogens (primary N) is 1. The summed E-state index contributed by atoms with van der Waals surface area (Å²) in [6.07, 6.45) is -1.06. The molecule has 0 radical (unpaired) electrons. The van der Waals surface area contributed by atoms with E-state index in [1.54, 1.807) is 18.3 Å².